The van der Waals surface area contributed by atoms with E-state index in [1.54, 1.807) is 35.1 Å². The van der Waals surface area contributed by atoms with E-state index in [1.165, 1.54) is 0 Å². The van der Waals surface area contributed by atoms with Crippen LogP contribution in [0, 0.1) is 0 Å². The van der Waals surface area contributed by atoms with Crippen LogP contribution in [0.2, 0.25) is 0 Å². The Hall–Kier alpha value is -3.12. The van der Waals surface area contributed by atoms with Crippen molar-refractivity contribution in [2.24, 2.45) is 0 Å². The Morgan fingerprint density at radius 3 is 2.39 bits per heavy atom. The molecule has 2 rings (SSSR count). The van der Waals surface area contributed by atoms with E-state index in [1.807, 2.05) is 49.4 Å². The minimum absolute atomic E-state index is 0.0851. The lowest BCUT2D eigenvalue weighted by Crippen LogP contribution is -2.43. The van der Waals surface area contributed by atoms with Crippen LogP contribution in [-0.2, 0) is 9.59 Å². The number of hydrogen-bond donors (Lipinski definition) is 1. The van der Waals surface area contributed by atoms with Crippen molar-refractivity contribution in [3.63, 3.8) is 0 Å². The van der Waals surface area contributed by atoms with E-state index in [2.05, 4.69) is 11.9 Å². The summed E-state index contributed by atoms with van der Waals surface area (Å²) in [5.41, 5.74) is 1.41. The zero-order valence-corrected chi connectivity index (χ0v) is 16.4. The highest BCUT2D eigenvalue weighted by Crippen LogP contribution is 2.22. The van der Waals surface area contributed by atoms with Gasteiger partial charge in [-0.2, -0.15) is 0 Å². The van der Waals surface area contributed by atoms with Crippen molar-refractivity contribution in [1.82, 2.24) is 4.90 Å². The van der Waals surface area contributed by atoms with Gasteiger partial charge in [0.2, 0.25) is 11.8 Å². The van der Waals surface area contributed by atoms with Crippen LogP contribution in [0.4, 0.5) is 11.4 Å². The SMILES string of the molecule is C=CCN(C(=O)CN(CC)CC(=O)Nc1ccccc1OC)c1ccccc1. The number of anilines is 2. The molecular weight excluding hydrogens is 354 g/mol. The number of amides is 2. The fourth-order valence-corrected chi connectivity index (χ4v) is 2.79. The molecule has 2 aromatic carbocycles. The van der Waals surface area contributed by atoms with Crippen molar-refractivity contribution < 1.29 is 14.3 Å². The molecule has 1 N–H and O–H groups in total. The molecule has 0 saturated carbocycles. The van der Waals surface area contributed by atoms with E-state index in [-0.39, 0.29) is 24.9 Å². The lowest BCUT2D eigenvalue weighted by Gasteiger charge is -2.26. The number of nitrogens with zero attached hydrogens (tertiary/aromatic N) is 2. The third-order valence-electron chi connectivity index (χ3n) is 4.23. The second kappa shape index (κ2) is 10.9. The van der Waals surface area contributed by atoms with Crippen LogP contribution in [-0.4, -0.2) is 50.0 Å². The first kappa shape index (κ1) is 21.2. The molecule has 0 aliphatic carbocycles. The summed E-state index contributed by atoms with van der Waals surface area (Å²) in [7, 11) is 1.56. The molecule has 0 heterocycles. The number of likely N-dealkylation sites (N-methyl/N-ethyl adjacent to an activating group) is 1. The van der Waals surface area contributed by atoms with Crippen molar-refractivity contribution in [1.29, 1.82) is 0 Å². The van der Waals surface area contributed by atoms with Crippen molar-refractivity contribution >= 4 is 23.2 Å². The fraction of sp³-hybridized carbons (Fsp3) is 0.273. The summed E-state index contributed by atoms with van der Waals surface area (Å²) in [6.45, 7) is 6.88. The molecule has 0 bridgehead atoms. The zero-order valence-electron chi connectivity index (χ0n) is 16.4. The van der Waals surface area contributed by atoms with E-state index < -0.39 is 0 Å². The number of rotatable bonds is 10. The molecule has 0 aromatic heterocycles. The van der Waals surface area contributed by atoms with Crippen LogP contribution >= 0.6 is 0 Å². The van der Waals surface area contributed by atoms with Gasteiger partial charge in [-0.15, -0.1) is 6.58 Å². The van der Waals surface area contributed by atoms with Gasteiger partial charge in [0.25, 0.3) is 0 Å². The maximum Gasteiger partial charge on any atom is 0.241 e. The Labute approximate surface area is 166 Å². The van der Waals surface area contributed by atoms with Crippen molar-refractivity contribution in [3.8, 4) is 5.75 Å². The molecule has 0 aliphatic heterocycles. The molecule has 0 radical (unpaired) electrons. The Morgan fingerprint density at radius 2 is 1.75 bits per heavy atom. The number of carbonyl (C=O) groups is 2. The Morgan fingerprint density at radius 1 is 1.07 bits per heavy atom. The fourth-order valence-electron chi connectivity index (χ4n) is 2.79. The smallest absolute Gasteiger partial charge is 0.241 e. The maximum atomic E-state index is 12.8. The van der Waals surface area contributed by atoms with Crippen LogP contribution < -0.4 is 15.0 Å². The summed E-state index contributed by atoms with van der Waals surface area (Å²) in [6.07, 6.45) is 1.69. The molecule has 0 spiro atoms. The number of nitrogens with one attached hydrogen (secondary N) is 1. The molecule has 0 unspecified atom stereocenters. The van der Waals surface area contributed by atoms with Gasteiger partial charge in [-0.1, -0.05) is 43.3 Å². The molecule has 0 saturated heterocycles. The number of methoxy groups -OCH3 is 1. The molecule has 28 heavy (non-hydrogen) atoms. The number of hydrogen-bond acceptors (Lipinski definition) is 4. The summed E-state index contributed by atoms with van der Waals surface area (Å²) in [6, 6.07) is 16.7. The van der Waals surface area contributed by atoms with Gasteiger partial charge in [-0.25, -0.2) is 0 Å². The highest BCUT2D eigenvalue weighted by molar-refractivity contribution is 5.96. The Bertz CT molecular complexity index is 793. The van der Waals surface area contributed by atoms with Gasteiger partial charge in [-0.3, -0.25) is 14.5 Å². The standard InChI is InChI=1S/C22H27N3O3/c1-4-15-25(18-11-7-6-8-12-18)22(27)17-24(5-2)16-21(26)23-19-13-9-10-14-20(19)28-3/h4,6-14H,1,5,15-17H2,2-3H3,(H,23,26). The number of benzene rings is 2. The third-order valence-corrected chi connectivity index (χ3v) is 4.23. The van der Waals surface area contributed by atoms with Crippen LogP contribution in [0.15, 0.2) is 67.3 Å². The number of ether oxygens (including phenoxy) is 1. The average Bonchev–Trinajstić information content (AvgIpc) is 2.72. The molecule has 0 atom stereocenters. The first-order valence-corrected chi connectivity index (χ1v) is 9.20. The van der Waals surface area contributed by atoms with E-state index in [9.17, 15) is 9.59 Å². The first-order chi connectivity index (χ1) is 13.6. The van der Waals surface area contributed by atoms with E-state index in [4.69, 9.17) is 4.74 Å². The molecule has 0 aliphatic rings. The topological polar surface area (TPSA) is 61.9 Å². The Kier molecular flexibility index (Phi) is 8.24. The van der Waals surface area contributed by atoms with Gasteiger partial charge in [-0.05, 0) is 30.8 Å². The average molecular weight is 381 g/mol. The maximum absolute atomic E-state index is 12.8. The molecular formula is C22H27N3O3. The largest absolute Gasteiger partial charge is 0.495 e. The van der Waals surface area contributed by atoms with Gasteiger partial charge >= 0.3 is 0 Å². The van der Waals surface area contributed by atoms with E-state index >= 15 is 0 Å². The summed E-state index contributed by atoms with van der Waals surface area (Å²) >= 11 is 0. The summed E-state index contributed by atoms with van der Waals surface area (Å²) in [4.78, 5) is 28.7. The summed E-state index contributed by atoms with van der Waals surface area (Å²) in [5.74, 6) is 0.309. The molecule has 6 heteroatoms. The summed E-state index contributed by atoms with van der Waals surface area (Å²) < 4.78 is 5.25. The minimum atomic E-state index is -0.200. The highest BCUT2D eigenvalue weighted by Gasteiger charge is 2.19. The highest BCUT2D eigenvalue weighted by atomic mass is 16.5. The van der Waals surface area contributed by atoms with E-state index in [0.29, 0.717) is 24.5 Å². The molecule has 2 aromatic rings. The molecule has 0 fully saturated rings. The van der Waals surface area contributed by atoms with Gasteiger partial charge in [0.1, 0.15) is 5.75 Å². The molecule has 6 nitrogen and oxygen atoms in total. The van der Waals surface area contributed by atoms with Crippen molar-refractivity contribution in [2.75, 3.05) is 43.5 Å². The van der Waals surface area contributed by atoms with Crippen molar-refractivity contribution in [2.45, 2.75) is 6.92 Å². The third kappa shape index (κ3) is 5.96. The van der Waals surface area contributed by atoms with Gasteiger partial charge in [0.15, 0.2) is 0 Å². The van der Waals surface area contributed by atoms with Gasteiger partial charge in [0.05, 0.1) is 25.9 Å². The first-order valence-electron chi connectivity index (χ1n) is 9.20. The molecule has 2 amide bonds. The second-order valence-electron chi connectivity index (χ2n) is 6.18. The van der Waals surface area contributed by atoms with Crippen molar-refractivity contribution in [3.05, 3.63) is 67.3 Å². The van der Waals surface area contributed by atoms with Crippen LogP contribution in [0.3, 0.4) is 0 Å². The minimum Gasteiger partial charge on any atom is -0.495 e. The number of carbonyl (C=O) groups excluding carboxylic acids is 2. The lowest BCUT2D eigenvalue weighted by molar-refractivity contribution is -0.121. The predicted octanol–water partition coefficient (Wildman–Crippen LogP) is 3.17. The zero-order chi connectivity index (χ0) is 20.4. The lowest BCUT2D eigenvalue weighted by atomic mass is 10.2. The van der Waals surface area contributed by atoms with Crippen LogP contribution in [0.5, 0.6) is 5.75 Å². The predicted molar refractivity (Wildman–Crippen MR) is 113 cm³/mol. The van der Waals surface area contributed by atoms with Gasteiger partial charge in [0, 0.05) is 12.2 Å². The quantitative estimate of drug-likeness (QED) is 0.642. The summed E-state index contributed by atoms with van der Waals surface area (Å²) in [5, 5.41) is 2.84. The van der Waals surface area contributed by atoms with E-state index in [0.717, 1.165) is 5.69 Å². The number of para-hydroxylation sites is 3. The normalized spacial score (nSPS) is 10.4. The second-order valence-corrected chi connectivity index (χ2v) is 6.18. The molecule has 148 valence electrons. The van der Waals surface area contributed by atoms with Crippen LogP contribution in [0.1, 0.15) is 6.92 Å². The monoisotopic (exact) mass is 381 g/mol. The van der Waals surface area contributed by atoms with Gasteiger partial charge < -0.3 is 15.0 Å². The van der Waals surface area contributed by atoms with Crippen LogP contribution in [0.25, 0.3) is 0 Å². The Balaban J connectivity index is 2.01.